The van der Waals surface area contributed by atoms with Gasteiger partial charge >= 0.3 is 0 Å². The Labute approximate surface area is 109 Å². The summed E-state index contributed by atoms with van der Waals surface area (Å²) in [5, 5.41) is 15.6. The highest BCUT2D eigenvalue weighted by molar-refractivity contribution is 5.76. The summed E-state index contributed by atoms with van der Waals surface area (Å²) in [4.78, 5) is 11.3. The van der Waals surface area contributed by atoms with Crippen LogP contribution in [0.3, 0.4) is 0 Å². The molecule has 1 saturated carbocycles. The summed E-state index contributed by atoms with van der Waals surface area (Å²) in [5.41, 5.74) is 0. The number of ether oxygens (including phenoxy) is 1. The third kappa shape index (κ3) is 8.44. The highest BCUT2D eigenvalue weighted by atomic mass is 16.5. The summed E-state index contributed by atoms with van der Waals surface area (Å²) in [6.07, 6.45) is 2.20. The second-order valence-corrected chi connectivity index (χ2v) is 5.38. The molecule has 18 heavy (non-hydrogen) atoms. The lowest BCUT2D eigenvalue weighted by atomic mass is 10.2. The van der Waals surface area contributed by atoms with E-state index in [1.165, 1.54) is 0 Å². The molecule has 0 aromatic rings. The SMILES string of the molecule is CC(C)COCC(O)CNCCC(=O)NC1CC1. The van der Waals surface area contributed by atoms with Gasteiger partial charge in [0.1, 0.15) is 0 Å². The van der Waals surface area contributed by atoms with Crippen molar-refractivity contribution in [3.05, 3.63) is 0 Å². The zero-order valence-corrected chi connectivity index (χ0v) is 11.4. The van der Waals surface area contributed by atoms with Crippen LogP contribution < -0.4 is 10.6 Å². The minimum absolute atomic E-state index is 0.0931. The molecule has 1 rings (SSSR count). The van der Waals surface area contributed by atoms with Gasteiger partial charge in [-0.1, -0.05) is 13.8 Å². The van der Waals surface area contributed by atoms with Gasteiger partial charge in [-0.3, -0.25) is 4.79 Å². The lowest BCUT2D eigenvalue weighted by Gasteiger charge is -2.13. The molecule has 0 spiro atoms. The molecule has 1 amide bonds. The van der Waals surface area contributed by atoms with E-state index >= 15 is 0 Å². The maximum atomic E-state index is 11.3. The van der Waals surface area contributed by atoms with Gasteiger partial charge in [0.05, 0.1) is 12.7 Å². The zero-order chi connectivity index (χ0) is 13.4. The lowest BCUT2D eigenvalue weighted by Crippen LogP contribution is -2.34. The van der Waals surface area contributed by atoms with Crippen molar-refractivity contribution in [1.82, 2.24) is 10.6 Å². The van der Waals surface area contributed by atoms with Gasteiger partial charge in [-0.2, -0.15) is 0 Å². The van der Waals surface area contributed by atoms with Crippen molar-refractivity contribution in [2.24, 2.45) is 5.92 Å². The number of aliphatic hydroxyl groups is 1. The Morgan fingerprint density at radius 1 is 1.39 bits per heavy atom. The summed E-state index contributed by atoms with van der Waals surface area (Å²) in [5.74, 6) is 0.576. The molecule has 5 nitrogen and oxygen atoms in total. The number of amides is 1. The second-order valence-electron chi connectivity index (χ2n) is 5.38. The third-order valence-electron chi connectivity index (χ3n) is 2.61. The van der Waals surface area contributed by atoms with Crippen LogP contribution in [0.1, 0.15) is 33.1 Å². The first kappa shape index (κ1) is 15.4. The quantitative estimate of drug-likeness (QED) is 0.492. The molecule has 0 aliphatic heterocycles. The fourth-order valence-electron chi connectivity index (χ4n) is 1.50. The normalized spacial score (nSPS) is 16.9. The van der Waals surface area contributed by atoms with Crippen molar-refractivity contribution >= 4 is 5.91 Å². The van der Waals surface area contributed by atoms with Gasteiger partial charge in [0, 0.05) is 32.2 Å². The van der Waals surface area contributed by atoms with Crippen molar-refractivity contribution in [3.8, 4) is 0 Å². The van der Waals surface area contributed by atoms with Crippen LogP contribution in [0.15, 0.2) is 0 Å². The number of hydrogen-bond acceptors (Lipinski definition) is 4. The average molecular weight is 258 g/mol. The van der Waals surface area contributed by atoms with Crippen LogP contribution in [0.25, 0.3) is 0 Å². The molecular weight excluding hydrogens is 232 g/mol. The highest BCUT2D eigenvalue weighted by Crippen LogP contribution is 2.18. The number of carbonyl (C=O) groups is 1. The van der Waals surface area contributed by atoms with Gasteiger partial charge in [0.2, 0.25) is 5.91 Å². The number of carbonyl (C=O) groups excluding carboxylic acids is 1. The van der Waals surface area contributed by atoms with E-state index in [1.807, 2.05) is 0 Å². The molecule has 0 saturated heterocycles. The molecular formula is C13H26N2O3. The summed E-state index contributed by atoms with van der Waals surface area (Å²) in [6.45, 7) is 6.22. The van der Waals surface area contributed by atoms with Crippen molar-refractivity contribution < 1.29 is 14.6 Å². The van der Waals surface area contributed by atoms with Crippen LogP contribution in [0, 0.1) is 5.92 Å². The van der Waals surface area contributed by atoms with Gasteiger partial charge in [-0.15, -0.1) is 0 Å². The Kier molecular flexibility index (Phi) is 7.23. The fraction of sp³-hybridized carbons (Fsp3) is 0.923. The van der Waals surface area contributed by atoms with Crippen molar-refractivity contribution in [3.63, 3.8) is 0 Å². The number of hydrogen-bond donors (Lipinski definition) is 3. The smallest absolute Gasteiger partial charge is 0.221 e. The van der Waals surface area contributed by atoms with Crippen LogP contribution in [-0.4, -0.2) is 49.5 Å². The topological polar surface area (TPSA) is 70.6 Å². The summed E-state index contributed by atoms with van der Waals surface area (Å²) >= 11 is 0. The molecule has 0 aromatic heterocycles. The lowest BCUT2D eigenvalue weighted by molar-refractivity contribution is -0.121. The van der Waals surface area contributed by atoms with Crippen molar-refractivity contribution in [2.75, 3.05) is 26.3 Å². The Bertz CT molecular complexity index is 242. The van der Waals surface area contributed by atoms with E-state index in [9.17, 15) is 9.90 Å². The Morgan fingerprint density at radius 3 is 2.72 bits per heavy atom. The van der Waals surface area contributed by atoms with Gasteiger partial charge in [-0.25, -0.2) is 0 Å². The van der Waals surface area contributed by atoms with E-state index < -0.39 is 6.10 Å². The van der Waals surface area contributed by atoms with Crippen LogP contribution in [0.2, 0.25) is 0 Å². The van der Waals surface area contributed by atoms with Crippen LogP contribution in [0.5, 0.6) is 0 Å². The molecule has 0 bridgehead atoms. The first-order valence-electron chi connectivity index (χ1n) is 6.83. The van der Waals surface area contributed by atoms with E-state index in [2.05, 4.69) is 24.5 Å². The fourth-order valence-corrected chi connectivity index (χ4v) is 1.50. The molecule has 1 aliphatic rings. The zero-order valence-electron chi connectivity index (χ0n) is 11.4. The third-order valence-corrected chi connectivity index (χ3v) is 2.61. The molecule has 106 valence electrons. The van der Waals surface area contributed by atoms with Crippen molar-refractivity contribution in [2.45, 2.75) is 45.3 Å². The highest BCUT2D eigenvalue weighted by Gasteiger charge is 2.22. The monoisotopic (exact) mass is 258 g/mol. The summed E-state index contributed by atoms with van der Waals surface area (Å²) in [7, 11) is 0. The van der Waals surface area contributed by atoms with E-state index in [0.717, 1.165) is 12.8 Å². The first-order chi connectivity index (χ1) is 8.58. The summed E-state index contributed by atoms with van der Waals surface area (Å²) in [6, 6.07) is 0.424. The predicted molar refractivity (Wildman–Crippen MR) is 70.3 cm³/mol. The van der Waals surface area contributed by atoms with Crippen LogP contribution in [0.4, 0.5) is 0 Å². The molecule has 0 heterocycles. The predicted octanol–water partition coefficient (Wildman–Crippen LogP) is 0.278. The summed E-state index contributed by atoms with van der Waals surface area (Å²) < 4.78 is 5.33. The molecule has 1 atom stereocenters. The molecule has 0 aromatic carbocycles. The van der Waals surface area contributed by atoms with E-state index in [0.29, 0.717) is 44.7 Å². The minimum atomic E-state index is -0.504. The second kappa shape index (κ2) is 8.45. The minimum Gasteiger partial charge on any atom is -0.389 e. The van der Waals surface area contributed by atoms with Crippen LogP contribution in [-0.2, 0) is 9.53 Å². The van der Waals surface area contributed by atoms with Gasteiger partial charge < -0.3 is 20.5 Å². The standard InChI is InChI=1S/C13H26N2O3/c1-10(2)8-18-9-12(16)7-14-6-5-13(17)15-11-3-4-11/h10-12,14,16H,3-9H2,1-2H3,(H,15,17). The number of nitrogens with one attached hydrogen (secondary N) is 2. The molecule has 0 radical (unpaired) electrons. The van der Waals surface area contributed by atoms with E-state index in [1.54, 1.807) is 0 Å². The van der Waals surface area contributed by atoms with Crippen molar-refractivity contribution in [1.29, 1.82) is 0 Å². The Hall–Kier alpha value is -0.650. The Balaban J connectivity index is 1.87. The molecule has 1 fully saturated rings. The van der Waals surface area contributed by atoms with Gasteiger partial charge in [0.15, 0.2) is 0 Å². The number of rotatable bonds is 10. The molecule has 1 aliphatic carbocycles. The first-order valence-corrected chi connectivity index (χ1v) is 6.83. The average Bonchev–Trinajstić information content (AvgIpc) is 3.08. The molecule has 3 N–H and O–H groups in total. The molecule has 5 heteroatoms. The Morgan fingerprint density at radius 2 is 2.11 bits per heavy atom. The molecule has 1 unspecified atom stereocenters. The van der Waals surface area contributed by atoms with Crippen LogP contribution >= 0.6 is 0 Å². The van der Waals surface area contributed by atoms with Gasteiger partial charge in [-0.05, 0) is 18.8 Å². The van der Waals surface area contributed by atoms with E-state index in [-0.39, 0.29) is 5.91 Å². The number of aliphatic hydroxyl groups excluding tert-OH is 1. The van der Waals surface area contributed by atoms with E-state index in [4.69, 9.17) is 4.74 Å². The van der Waals surface area contributed by atoms with Gasteiger partial charge in [0.25, 0.3) is 0 Å². The maximum Gasteiger partial charge on any atom is 0.221 e. The largest absolute Gasteiger partial charge is 0.389 e. The maximum absolute atomic E-state index is 11.3.